The van der Waals surface area contributed by atoms with Crippen molar-refractivity contribution in [3.8, 4) is 0 Å². The zero-order valence-corrected chi connectivity index (χ0v) is 11.2. The molecule has 0 spiro atoms. The van der Waals surface area contributed by atoms with Crippen molar-refractivity contribution < 1.29 is 21.7 Å². The molecule has 0 aromatic heterocycles. The molecule has 4 heteroatoms. The molecule has 90 valence electrons. The monoisotopic (exact) mass is 234 g/mol. The Morgan fingerprint density at radius 1 is 1.33 bits per heavy atom. The average Bonchev–Trinajstić information content (AvgIpc) is 2.11. The zero-order valence-electron chi connectivity index (χ0n) is 10.4. The Hall–Kier alpha value is -0.540. The average molecular weight is 235 g/mol. The summed E-state index contributed by atoms with van der Waals surface area (Å²) in [6, 6.07) is 0. The standard InChI is InChI=1S/C11H22N2O.ClH/c1-7-10(14)12-11(8-2,9-3)13(4,5)6;/h7H,1,8-9H2,2-6H3;1H. The molecule has 0 aromatic carbocycles. The molecular weight excluding hydrogens is 212 g/mol. The van der Waals surface area contributed by atoms with Crippen LogP contribution >= 0.6 is 0 Å². The topological polar surface area (TPSA) is 29.1 Å². The second kappa shape index (κ2) is 6.13. The van der Waals surface area contributed by atoms with Crippen molar-refractivity contribution in [2.75, 3.05) is 21.1 Å². The number of nitrogens with zero attached hydrogens (tertiary/aromatic N) is 1. The van der Waals surface area contributed by atoms with Crippen LogP contribution in [0.25, 0.3) is 0 Å². The van der Waals surface area contributed by atoms with E-state index in [4.69, 9.17) is 0 Å². The lowest BCUT2D eigenvalue weighted by atomic mass is 10.00. The Morgan fingerprint density at radius 3 is 1.93 bits per heavy atom. The highest BCUT2D eigenvalue weighted by Crippen LogP contribution is 2.23. The molecule has 0 atom stereocenters. The van der Waals surface area contributed by atoms with E-state index in [0.717, 1.165) is 17.3 Å². The van der Waals surface area contributed by atoms with E-state index in [9.17, 15) is 4.79 Å². The quantitative estimate of drug-likeness (QED) is 0.351. The fourth-order valence-electron chi connectivity index (χ4n) is 1.82. The van der Waals surface area contributed by atoms with Gasteiger partial charge in [0.15, 0.2) is 5.66 Å². The SMILES string of the molecule is C=CC(=O)NC(CC)(CC)[N+](C)(C)C.[Cl-]. The van der Waals surface area contributed by atoms with Gasteiger partial charge < -0.3 is 22.2 Å². The third-order valence-corrected chi connectivity index (χ3v) is 3.00. The maximum atomic E-state index is 11.4. The van der Waals surface area contributed by atoms with Crippen LogP contribution in [0, 0.1) is 0 Å². The van der Waals surface area contributed by atoms with E-state index in [1.807, 2.05) is 0 Å². The Balaban J connectivity index is 0. The molecule has 1 amide bonds. The highest BCUT2D eigenvalue weighted by Gasteiger charge is 2.40. The highest BCUT2D eigenvalue weighted by molar-refractivity contribution is 5.87. The molecule has 1 N–H and O–H groups in total. The van der Waals surface area contributed by atoms with E-state index in [1.165, 1.54) is 6.08 Å². The van der Waals surface area contributed by atoms with Crippen molar-refractivity contribution in [1.29, 1.82) is 0 Å². The molecule has 0 fully saturated rings. The van der Waals surface area contributed by atoms with Gasteiger partial charge in [0.25, 0.3) is 0 Å². The van der Waals surface area contributed by atoms with Gasteiger partial charge in [-0.1, -0.05) is 20.4 Å². The van der Waals surface area contributed by atoms with Gasteiger partial charge in [-0.15, -0.1) is 0 Å². The first kappa shape index (κ1) is 16.9. The van der Waals surface area contributed by atoms with E-state index in [2.05, 4.69) is 46.9 Å². The lowest BCUT2D eigenvalue weighted by Gasteiger charge is -2.45. The lowest BCUT2D eigenvalue weighted by molar-refractivity contribution is -0.927. The molecule has 0 aliphatic heterocycles. The van der Waals surface area contributed by atoms with Crippen molar-refractivity contribution >= 4 is 5.91 Å². The van der Waals surface area contributed by atoms with Crippen LogP contribution in [0.1, 0.15) is 26.7 Å². The number of hydrogen-bond acceptors (Lipinski definition) is 1. The summed E-state index contributed by atoms with van der Waals surface area (Å²) >= 11 is 0. The van der Waals surface area contributed by atoms with Gasteiger partial charge >= 0.3 is 0 Å². The third kappa shape index (κ3) is 3.84. The van der Waals surface area contributed by atoms with E-state index in [-0.39, 0.29) is 24.0 Å². The molecule has 0 saturated carbocycles. The molecule has 0 saturated heterocycles. The van der Waals surface area contributed by atoms with Gasteiger partial charge in [0, 0.05) is 12.8 Å². The maximum absolute atomic E-state index is 11.4. The van der Waals surface area contributed by atoms with Crippen LogP contribution in [0.5, 0.6) is 0 Å². The molecule has 0 bridgehead atoms. The Morgan fingerprint density at radius 2 is 1.73 bits per heavy atom. The molecule has 15 heavy (non-hydrogen) atoms. The highest BCUT2D eigenvalue weighted by atomic mass is 35.5. The summed E-state index contributed by atoms with van der Waals surface area (Å²) in [4.78, 5) is 11.4. The van der Waals surface area contributed by atoms with Crippen LogP contribution in [-0.4, -0.2) is 37.2 Å². The molecular formula is C11H23ClN2O. The number of carbonyl (C=O) groups is 1. The number of hydrogen-bond donors (Lipinski definition) is 1. The minimum Gasteiger partial charge on any atom is -1.00 e. The molecule has 0 aliphatic carbocycles. The fraction of sp³-hybridized carbons (Fsp3) is 0.727. The van der Waals surface area contributed by atoms with E-state index in [0.29, 0.717) is 0 Å². The van der Waals surface area contributed by atoms with Crippen LogP contribution in [-0.2, 0) is 4.79 Å². The number of rotatable bonds is 5. The zero-order chi connectivity index (χ0) is 11.4. The first-order valence-corrected chi connectivity index (χ1v) is 5.09. The maximum Gasteiger partial charge on any atom is 0.248 e. The van der Waals surface area contributed by atoms with Crippen LogP contribution in [0.2, 0.25) is 0 Å². The third-order valence-electron chi connectivity index (χ3n) is 3.00. The van der Waals surface area contributed by atoms with Crippen LogP contribution < -0.4 is 17.7 Å². The van der Waals surface area contributed by atoms with Gasteiger partial charge in [-0.25, -0.2) is 0 Å². The van der Waals surface area contributed by atoms with Gasteiger partial charge in [-0.05, 0) is 6.08 Å². The molecule has 0 radical (unpaired) electrons. The normalized spacial score (nSPS) is 11.5. The van der Waals surface area contributed by atoms with Crippen molar-refractivity contribution in [3.05, 3.63) is 12.7 Å². The van der Waals surface area contributed by atoms with Crippen molar-refractivity contribution in [3.63, 3.8) is 0 Å². The molecule has 0 heterocycles. The summed E-state index contributed by atoms with van der Waals surface area (Å²) in [6.45, 7) is 7.66. The molecule has 0 aliphatic rings. The van der Waals surface area contributed by atoms with Crippen molar-refractivity contribution in [2.45, 2.75) is 32.4 Å². The summed E-state index contributed by atoms with van der Waals surface area (Å²) in [5, 5.41) is 3.03. The van der Waals surface area contributed by atoms with Gasteiger partial charge in [0.05, 0.1) is 21.1 Å². The fourth-order valence-corrected chi connectivity index (χ4v) is 1.82. The van der Waals surface area contributed by atoms with Crippen LogP contribution in [0.15, 0.2) is 12.7 Å². The molecule has 3 nitrogen and oxygen atoms in total. The minimum absolute atomic E-state index is 0. The molecule has 0 rings (SSSR count). The predicted molar refractivity (Wildman–Crippen MR) is 59.7 cm³/mol. The van der Waals surface area contributed by atoms with Gasteiger partial charge in [-0.2, -0.15) is 0 Å². The van der Waals surface area contributed by atoms with Gasteiger partial charge in [0.1, 0.15) is 0 Å². The number of quaternary nitrogens is 1. The Bertz CT molecular complexity index is 217. The van der Waals surface area contributed by atoms with Gasteiger partial charge in [-0.3, -0.25) is 4.79 Å². The number of amides is 1. The summed E-state index contributed by atoms with van der Waals surface area (Å²) in [7, 11) is 6.28. The predicted octanol–water partition coefficient (Wildman–Crippen LogP) is -1.48. The van der Waals surface area contributed by atoms with E-state index < -0.39 is 0 Å². The Labute approximate surface area is 99.5 Å². The number of halogens is 1. The largest absolute Gasteiger partial charge is 1.00 e. The van der Waals surface area contributed by atoms with E-state index >= 15 is 0 Å². The van der Waals surface area contributed by atoms with Crippen molar-refractivity contribution in [1.82, 2.24) is 5.32 Å². The summed E-state index contributed by atoms with van der Waals surface area (Å²) in [5.74, 6) is -0.0956. The van der Waals surface area contributed by atoms with E-state index in [1.54, 1.807) is 0 Å². The molecule has 0 aromatic rings. The second-order valence-corrected chi connectivity index (χ2v) is 4.44. The van der Waals surface area contributed by atoms with Crippen LogP contribution in [0.4, 0.5) is 0 Å². The first-order valence-electron chi connectivity index (χ1n) is 5.09. The molecule has 0 unspecified atom stereocenters. The summed E-state index contributed by atoms with van der Waals surface area (Å²) in [5.41, 5.74) is -0.189. The number of nitrogens with one attached hydrogen (secondary N) is 1. The summed E-state index contributed by atoms with van der Waals surface area (Å²) in [6.07, 6.45) is 3.15. The summed E-state index contributed by atoms with van der Waals surface area (Å²) < 4.78 is 0.722. The Kier molecular flexibility index (Phi) is 6.90. The van der Waals surface area contributed by atoms with Crippen LogP contribution in [0.3, 0.4) is 0 Å². The van der Waals surface area contributed by atoms with Crippen molar-refractivity contribution in [2.24, 2.45) is 0 Å². The second-order valence-electron chi connectivity index (χ2n) is 4.44. The number of carbonyl (C=O) groups excluding carboxylic acids is 1. The smallest absolute Gasteiger partial charge is 0.248 e. The minimum atomic E-state index is -0.189. The van der Waals surface area contributed by atoms with Gasteiger partial charge in [0.2, 0.25) is 5.91 Å². The first-order chi connectivity index (χ1) is 6.33. The lowest BCUT2D eigenvalue weighted by Crippen LogP contribution is -3.00.